The van der Waals surface area contributed by atoms with Gasteiger partial charge in [-0.15, -0.1) is 0 Å². The monoisotopic (exact) mass is 178 g/mol. The fraction of sp³-hybridized carbons (Fsp3) is 0.300. The molecule has 0 spiro atoms. The summed E-state index contributed by atoms with van der Waals surface area (Å²) in [5.41, 5.74) is 8.08. The van der Waals surface area contributed by atoms with Gasteiger partial charge in [0.2, 0.25) is 0 Å². The van der Waals surface area contributed by atoms with Crippen LogP contribution in [0.4, 0.5) is 5.69 Å². The molecule has 0 aromatic carbocycles. The molecule has 3 heteroatoms. The molecule has 0 saturated carbocycles. The van der Waals surface area contributed by atoms with E-state index in [-0.39, 0.29) is 0 Å². The molecule has 0 saturated heterocycles. The molecular formula is C10H14N2O. The molecule has 70 valence electrons. The number of ether oxygens (including phenoxy) is 1. The van der Waals surface area contributed by atoms with Crippen LogP contribution in [-0.4, -0.2) is 11.6 Å². The highest BCUT2D eigenvalue weighted by Gasteiger charge is 2.07. The number of nitrogens with two attached hydrogens (primary N) is 1. The fourth-order valence-electron chi connectivity index (χ4n) is 1.03. The van der Waals surface area contributed by atoms with E-state index < -0.39 is 0 Å². The quantitative estimate of drug-likeness (QED) is 0.720. The number of hydrogen-bond acceptors (Lipinski definition) is 3. The highest BCUT2D eigenvalue weighted by atomic mass is 16.5. The molecular weight excluding hydrogens is 164 g/mol. The zero-order valence-electron chi connectivity index (χ0n) is 8.00. The summed E-state index contributed by atoms with van der Waals surface area (Å²) in [5, 5.41) is 0. The second-order valence-corrected chi connectivity index (χ2v) is 2.75. The van der Waals surface area contributed by atoms with Crippen LogP contribution < -0.4 is 5.73 Å². The lowest BCUT2D eigenvalue weighted by atomic mass is 10.2. The van der Waals surface area contributed by atoms with Crippen molar-refractivity contribution in [1.82, 2.24) is 4.98 Å². The van der Waals surface area contributed by atoms with Crippen LogP contribution in [-0.2, 0) is 4.74 Å². The van der Waals surface area contributed by atoms with Gasteiger partial charge in [0.1, 0.15) is 11.5 Å². The third-order valence-corrected chi connectivity index (χ3v) is 1.79. The standard InChI is InChI=1S/C10H14N2O/c1-4-13-8(3)10-9(11)7(2)5-6-12-10/h5-6H,3-4,11H2,1-2H3. The van der Waals surface area contributed by atoms with Gasteiger partial charge in [-0.25, -0.2) is 0 Å². The van der Waals surface area contributed by atoms with E-state index in [2.05, 4.69) is 11.6 Å². The summed E-state index contributed by atoms with van der Waals surface area (Å²) >= 11 is 0. The molecule has 1 aromatic rings. The van der Waals surface area contributed by atoms with Crippen molar-refractivity contribution in [3.05, 3.63) is 30.1 Å². The number of nitrogen functional groups attached to an aromatic ring is 1. The predicted molar refractivity (Wildman–Crippen MR) is 54.0 cm³/mol. The molecule has 1 aromatic heterocycles. The van der Waals surface area contributed by atoms with Crippen molar-refractivity contribution in [3.63, 3.8) is 0 Å². The highest BCUT2D eigenvalue weighted by Crippen LogP contribution is 2.20. The maximum atomic E-state index is 5.81. The zero-order chi connectivity index (χ0) is 9.84. The van der Waals surface area contributed by atoms with Gasteiger partial charge in [0, 0.05) is 6.20 Å². The summed E-state index contributed by atoms with van der Waals surface area (Å²) in [4.78, 5) is 4.11. The Bertz CT molecular complexity index is 321. The SMILES string of the molecule is C=C(OCC)c1nccc(C)c1N. The van der Waals surface area contributed by atoms with E-state index in [1.165, 1.54) is 0 Å². The van der Waals surface area contributed by atoms with Gasteiger partial charge < -0.3 is 10.5 Å². The minimum absolute atomic E-state index is 0.531. The minimum atomic E-state index is 0.531. The van der Waals surface area contributed by atoms with Crippen molar-refractivity contribution >= 4 is 11.4 Å². The van der Waals surface area contributed by atoms with Crippen LogP contribution in [0.15, 0.2) is 18.8 Å². The van der Waals surface area contributed by atoms with E-state index in [0.717, 1.165) is 5.56 Å². The number of nitrogens with zero attached hydrogens (tertiary/aromatic N) is 1. The second-order valence-electron chi connectivity index (χ2n) is 2.75. The summed E-state index contributed by atoms with van der Waals surface area (Å²) in [6, 6.07) is 1.86. The van der Waals surface area contributed by atoms with Crippen molar-refractivity contribution in [2.75, 3.05) is 12.3 Å². The molecule has 2 N–H and O–H groups in total. The molecule has 0 unspecified atom stereocenters. The van der Waals surface area contributed by atoms with Crippen LogP contribution in [0, 0.1) is 6.92 Å². The molecule has 3 nitrogen and oxygen atoms in total. The molecule has 0 bridgehead atoms. The first-order valence-electron chi connectivity index (χ1n) is 4.20. The largest absolute Gasteiger partial charge is 0.492 e. The Morgan fingerprint density at radius 2 is 2.38 bits per heavy atom. The van der Waals surface area contributed by atoms with Crippen LogP contribution in [0.3, 0.4) is 0 Å². The summed E-state index contributed by atoms with van der Waals surface area (Å²) < 4.78 is 5.23. The van der Waals surface area contributed by atoms with E-state index in [0.29, 0.717) is 23.7 Å². The Hall–Kier alpha value is -1.51. The zero-order valence-corrected chi connectivity index (χ0v) is 8.00. The molecule has 0 aliphatic carbocycles. The second kappa shape index (κ2) is 3.94. The number of aromatic nitrogens is 1. The van der Waals surface area contributed by atoms with E-state index in [1.807, 2.05) is 19.9 Å². The lowest BCUT2D eigenvalue weighted by molar-refractivity contribution is 0.298. The molecule has 0 atom stereocenters. The maximum Gasteiger partial charge on any atom is 0.139 e. The van der Waals surface area contributed by atoms with E-state index >= 15 is 0 Å². The first-order valence-corrected chi connectivity index (χ1v) is 4.20. The fourth-order valence-corrected chi connectivity index (χ4v) is 1.03. The number of pyridine rings is 1. The smallest absolute Gasteiger partial charge is 0.139 e. The third kappa shape index (κ3) is 1.99. The van der Waals surface area contributed by atoms with E-state index in [4.69, 9.17) is 10.5 Å². The topological polar surface area (TPSA) is 48.1 Å². The van der Waals surface area contributed by atoms with Crippen LogP contribution in [0.2, 0.25) is 0 Å². The van der Waals surface area contributed by atoms with Gasteiger partial charge in [0.15, 0.2) is 0 Å². The van der Waals surface area contributed by atoms with Crippen LogP contribution in [0.25, 0.3) is 5.76 Å². The maximum absolute atomic E-state index is 5.81. The molecule has 13 heavy (non-hydrogen) atoms. The molecule has 0 aliphatic rings. The molecule has 1 heterocycles. The third-order valence-electron chi connectivity index (χ3n) is 1.79. The van der Waals surface area contributed by atoms with Gasteiger partial charge in [-0.05, 0) is 25.5 Å². The lowest BCUT2D eigenvalue weighted by Crippen LogP contribution is -2.01. The summed E-state index contributed by atoms with van der Waals surface area (Å²) in [5.74, 6) is 0.531. The van der Waals surface area contributed by atoms with Crippen LogP contribution in [0.1, 0.15) is 18.2 Å². The van der Waals surface area contributed by atoms with E-state index in [1.54, 1.807) is 6.20 Å². The first-order chi connectivity index (χ1) is 6.16. The molecule has 0 amide bonds. The van der Waals surface area contributed by atoms with Gasteiger partial charge in [0.25, 0.3) is 0 Å². The minimum Gasteiger partial charge on any atom is -0.492 e. The average molecular weight is 178 g/mol. The first kappa shape index (κ1) is 9.58. The predicted octanol–water partition coefficient (Wildman–Crippen LogP) is 1.98. The average Bonchev–Trinajstić information content (AvgIpc) is 2.10. The molecule has 0 fully saturated rings. The Labute approximate surface area is 78.2 Å². The Morgan fingerprint density at radius 1 is 1.69 bits per heavy atom. The van der Waals surface area contributed by atoms with Crippen molar-refractivity contribution in [2.24, 2.45) is 0 Å². The van der Waals surface area contributed by atoms with Crippen molar-refractivity contribution < 1.29 is 4.74 Å². The van der Waals surface area contributed by atoms with Gasteiger partial charge in [-0.1, -0.05) is 6.58 Å². The Balaban J connectivity index is 3.01. The van der Waals surface area contributed by atoms with Gasteiger partial charge in [0.05, 0.1) is 12.3 Å². The highest BCUT2D eigenvalue weighted by molar-refractivity contribution is 5.68. The summed E-state index contributed by atoms with van der Waals surface area (Å²) in [6.07, 6.45) is 1.70. The summed E-state index contributed by atoms with van der Waals surface area (Å²) in [7, 11) is 0. The number of hydrogen-bond donors (Lipinski definition) is 1. The van der Waals surface area contributed by atoms with E-state index in [9.17, 15) is 0 Å². The normalized spacial score (nSPS) is 9.69. The summed E-state index contributed by atoms with van der Waals surface area (Å²) in [6.45, 7) is 8.16. The molecule has 1 rings (SSSR count). The Morgan fingerprint density at radius 3 is 3.00 bits per heavy atom. The number of rotatable bonds is 3. The molecule has 0 radical (unpaired) electrons. The number of anilines is 1. The van der Waals surface area contributed by atoms with Crippen molar-refractivity contribution in [2.45, 2.75) is 13.8 Å². The molecule has 0 aliphatic heterocycles. The number of aryl methyl sites for hydroxylation is 1. The van der Waals surface area contributed by atoms with Crippen LogP contribution >= 0.6 is 0 Å². The van der Waals surface area contributed by atoms with Gasteiger partial charge in [-0.3, -0.25) is 4.98 Å². The van der Waals surface area contributed by atoms with Crippen molar-refractivity contribution in [1.29, 1.82) is 0 Å². The van der Waals surface area contributed by atoms with Gasteiger partial charge >= 0.3 is 0 Å². The lowest BCUT2D eigenvalue weighted by Gasteiger charge is -2.09. The van der Waals surface area contributed by atoms with Crippen LogP contribution in [0.5, 0.6) is 0 Å². The van der Waals surface area contributed by atoms with Crippen molar-refractivity contribution in [3.8, 4) is 0 Å². The van der Waals surface area contributed by atoms with Gasteiger partial charge in [-0.2, -0.15) is 0 Å². The Kier molecular flexibility index (Phi) is 2.90.